The number of Topliss-reactive ketones (excluding diaryl/α,β-unsaturated/α-hetero) is 1. The molecule has 0 heterocycles. The first-order chi connectivity index (χ1) is 4.75. The van der Waals surface area contributed by atoms with Gasteiger partial charge in [-0.1, -0.05) is 11.6 Å². The highest BCUT2D eigenvalue weighted by molar-refractivity contribution is 6.25. The van der Waals surface area contributed by atoms with Crippen molar-refractivity contribution in [2.75, 3.05) is 0 Å². The Balaban J connectivity index is 2.85. The van der Waals surface area contributed by atoms with Gasteiger partial charge in [0.2, 0.25) is 0 Å². The SMILES string of the molecule is O=C1CCC(C=CCl)=C1O. The number of halogens is 1. The van der Waals surface area contributed by atoms with Crippen LogP contribution in [0.3, 0.4) is 0 Å². The van der Waals surface area contributed by atoms with E-state index < -0.39 is 0 Å². The van der Waals surface area contributed by atoms with Crippen molar-refractivity contribution in [1.82, 2.24) is 0 Å². The van der Waals surface area contributed by atoms with E-state index in [0.29, 0.717) is 18.4 Å². The zero-order valence-electron chi connectivity index (χ0n) is 5.30. The van der Waals surface area contributed by atoms with Crippen molar-refractivity contribution in [1.29, 1.82) is 0 Å². The smallest absolute Gasteiger partial charge is 0.197 e. The number of carbonyl (C=O) groups excluding carboxylic acids is 1. The quantitative estimate of drug-likeness (QED) is 0.633. The third-order valence-electron chi connectivity index (χ3n) is 1.45. The van der Waals surface area contributed by atoms with Crippen LogP contribution in [0.5, 0.6) is 0 Å². The summed E-state index contributed by atoms with van der Waals surface area (Å²) in [4.78, 5) is 10.7. The molecule has 1 aliphatic rings. The molecule has 0 saturated heterocycles. The molecular formula is C7H7ClO2. The van der Waals surface area contributed by atoms with Gasteiger partial charge in [0, 0.05) is 12.0 Å². The Bertz CT molecular complexity index is 216. The minimum absolute atomic E-state index is 0.128. The molecule has 2 nitrogen and oxygen atoms in total. The summed E-state index contributed by atoms with van der Waals surface area (Å²) in [5.41, 5.74) is 1.93. The molecule has 0 fully saturated rings. The summed E-state index contributed by atoms with van der Waals surface area (Å²) in [7, 11) is 0. The maximum atomic E-state index is 10.7. The number of rotatable bonds is 1. The monoisotopic (exact) mass is 158 g/mol. The zero-order chi connectivity index (χ0) is 7.56. The predicted octanol–water partition coefficient (Wildman–Crippen LogP) is 1.91. The Morgan fingerprint density at radius 1 is 1.50 bits per heavy atom. The molecule has 0 aromatic carbocycles. The van der Waals surface area contributed by atoms with Crippen LogP contribution in [-0.2, 0) is 4.79 Å². The van der Waals surface area contributed by atoms with Crippen LogP contribution in [-0.4, -0.2) is 10.9 Å². The molecule has 0 atom stereocenters. The van der Waals surface area contributed by atoms with Gasteiger partial charge in [0.25, 0.3) is 0 Å². The Labute approximate surface area is 63.8 Å². The van der Waals surface area contributed by atoms with Crippen LogP contribution in [0.4, 0.5) is 0 Å². The molecule has 0 spiro atoms. The Morgan fingerprint density at radius 2 is 2.20 bits per heavy atom. The van der Waals surface area contributed by atoms with Crippen LogP contribution in [0.1, 0.15) is 12.8 Å². The van der Waals surface area contributed by atoms with Crippen molar-refractivity contribution < 1.29 is 9.90 Å². The maximum absolute atomic E-state index is 10.7. The molecule has 1 aliphatic carbocycles. The lowest BCUT2D eigenvalue weighted by Crippen LogP contribution is -1.93. The van der Waals surface area contributed by atoms with Crippen LogP contribution in [0.15, 0.2) is 22.9 Å². The summed E-state index contributed by atoms with van der Waals surface area (Å²) in [6.07, 6.45) is 2.55. The van der Waals surface area contributed by atoms with Crippen molar-refractivity contribution in [3.63, 3.8) is 0 Å². The Morgan fingerprint density at radius 3 is 2.60 bits per heavy atom. The zero-order valence-corrected chi connectivity index (χ0v) is 6.06. The Kier molecular flexibility index (Phi) is 2.12. The van der Waals surface area contributed by atoms with E-state index in [0.717, 1.165) is 0 Å². The van der Waals surface area contributed by atoms with E-state index in [1.165, 1.54) is 5.54 Å². The molecule has 0 aliphatic heterocycles. The first-order valence-electron chi connectivity index (χ1n) is 2.98. The van der Waals surface area contributed by atoms with Gasteiger partial charge in [-0.05, 0) is 18.1 Å². The minimum atomic E-state index is -0.190. The molecule has 3 heteroatoms. The summed E-state index contributed by atoms with van der Waals surface area (Å²) < 4.78 is 0. The van der Waals surface area contributed by atoms with E-state index in [4.69, 9.17) is 16.7 Å². The van der Waals surface area contributed by atoms with Gasteiger partial charge >= 0.3 is 0 Å². The van der Waals surface area contributed by atoms with Crippen molar-refractivity contribution in [2.45, 2.75) is 12.8 Å². The van der Waals surface area contributed by atoms with Gasteiger partial charge in [0.05, 0.1) is 0 Å². The molecular weight excluding hydrogens is 152 g/mol. The topological polar surface area (TPSA) is 37.3 Å². The van der Waals surface area contributed by atoms with Crippen LogP contribution < -0.4 is 0 Å². The lowest BCUT2D eigenvalue weighted by Gasteiger charge is -1.88. The summed E-state index contributed by atoms with van der Waals surface area (Å²) in [5.74, 6) is -0.318. The second-order valence-corrected chi connectivity index (χ2v) is 2.34. The molecule has 0 aromatic heterocycles. The van der Waals surface area contributed by atoms with Crippen molar-refractivity contribution in [3.8, 4) is 0 Å². The van der Waals surface area contributed by atoms with E-state index in [2.05, 4.69) is 0 Å². The average Bonchev–Trinajstić information content (AvgIpc) is 2.20. The molecule has 0 amide bonds. The first kappa shape index (κ1) is 7.35. The number of ketones is 1. The fourth-order valence-corrected chi connectivity index (χ4v) is 1.05. The van der Waals surface area contributed by atoms with Crippen LogP contribution in [0, 0.1) is 0 Å². The summed E-state index contributed by atoms with van der Waals surface area (Å²) >= 11 is 5.26. The highest BCUT2D eigenvalue weighted by atomic mass is 35.5. The van der Waals surface area contributed by atoms with Gasteiger partial charge in [-0.2, -0.15) is 0 Å². The Hall–Kier alpha value is -0.760. The highest BCUT2D eigenvalue weighted by Gasteiger charge is 2.19. The van der Waals surface area contributed by atoms with E-state index in [1.54, 1.807) is 6.08 Å². The number of hydrogen-bond donors (Lipinski definition) is 1. The highest BCUT2D eigenvalue weighted by Crippen LogP contribution is 2.21. The normalized spacial score (nSPS) is 19.5. The molecule has 54 valence electrons. The molecule has 0 unspecified atom stereocenters. The van der Waals surface area contributed by atoms with E-state index in [-0.39, 0.29) is 11.5 Å². The fraction of sp³-hybridized carbons (Fsp3) is 0.286. The third kappa shape index (κ3) is 1.21. The number of aliphatic hydroxyl groups is 1. The minimum Gasteiger partial charge on any atom is -0.504 e. The summed E-state index contributed by atoms with van der Waals surface area (Å²) in [6.45, 7) is 0. The van der Waals surface area contributed by atoms with Gasteiger partial charge in [0.15, 0.2) is 11.5 Å². The molecule has 1 rings (SSSR count). The molecule has 0 radical (unpaired) electrons. The molecule has 0 saturated carbocycles. The number of hydrogen-bond acceptors (Lipinski definition) is 2. The standard InChI is InChI=1S/C7H7ClO2/c8-4-3-5-1-2-6(9)7(5)10/h3-4,10H,1-2H2. The second-order valence-electron chi connectivity index (χ2n) is 2.09. The summed E-state index contributed by atoms with van der Waals surface area (Å²) in [6, 6.07) is 0. The lowest BCUT2D eigenvalue weighted by atomic mass is 10.2. The van der Waals surface area contributed by atoms with Crippen molar-refractivity contribution >= 4 is 17.4 Å². The van der Waals surface area contributed by atoms with Crippen molar-refractivity contribution in [3.05, 3.63) is 22.9 Å². The molecule has 0 aromatic rings. The van der Waals surface area contributed by atoms with Crippen LogP contribution in [0.2, 0.25) is 0 Å². The van der Waals surface area contributed by atoms with Gasteiger partial charge in [0.1, 0.15) is 0 Å². The largest absolute Gasteiger partial charge is 0.504 e. The first-order valence-corrected chi connectivity index (χ1v) is 3.41. The van der Waals surface area contributed by atoms with Gasteiger partial charge in [-0.15, -0.1) is 0 Å². The van der Waals surface area contributed by atoms with E-state index in [9.17, 15) is 4.79 Å². The summed E-state index contributed by atoms with van der Waals surface area (Å²) in [5, 5.41) is 9.01. The lowest BCUT2D eigenvalue weighted by molar-refractivity contribution is -0.117. The number of allylic oxidation sites excluding steroid dienone is 3. The van der Waals surface area contributed by atoms with Gasteiger partial charge in [-0.25, -0.2) is 0 Å². The number of carbonyl (C=O) groups is 1. The molecule has 0 bridgehead atoms. The van der Waals surface area contributed by atoms with Crippen molar-refractivity contribution in [2.24, 2.45) is 0 Å². The second kappa shape index (κ2) is 2.88. The average molecular weight is 159 g/mol. The van der Waals surface area contributed by atoms with E-state index in [1.807, 2.05) is 0 Å². The number of aliphatic hydroxyl groups excluding tert-OH is 1. The van der Waals surface area contributed by atoms with Crippen LogP contribution >= 0.6 is 11.6 Å². The predicted molar refractivity (Wildman–Crippen MR) is 38.9 cm³/mol. The van der Waals surface area contributed by atoms with Crippen LogP contribution in [0.25, 0.3) is 0 Å². The van der Waals surface area contributed by atoms with Gasteiger partial charge in [-0.3, -0.25) is 4.79 Å². The van der Waals surface area contributed by atoms with Gasteiger partial charge < -0.3 is 5.11 Å². The fourth-order valence-electron chi connectivity index (χ4n) is 0.902. The molecule has 1 N–H and O–H groups in total. The maximum Gasteiger partial charge on any atom is 0.197 e. The third-order valence-corrected chi connectivity index (χ3v) is 1.58. The molecule has 10 heavy (non-hydrogen) atoms. The van der Waals surface area contributed by atoms with E-state index >= 15 is 0 Å².